The van der Waals surface area contributed by atoms with Crippen LogP contribution in [-0.4, -0.2) is 49.1 Å². The van der Waals surface area contributed by atoms with Gasteiger partial charge in [0.15, 0.2) is 11.5 Å². The zero-order valence-electron chi connectivity index (χ0n) is 19.0. The fraction of sp³-hybridized carbons (Fsp3) is 0.636. The van der Waals surface area contributed by atoms with E-state index in [-0.39, 0.29) is 6.54 Å². The molecular formula is C22H35NO6. The summed E-state index contributed by atoms with van der Waals surface area (Å²) in [7, 11) is 3.12. The summed E-state index contributed by atoms with van der Waals surface area (Å²) < 4.78 is 21.6. The van der Waals surface area contributed by atoms with E-state index in [0.29, 0.717) is 30.8 Å². The van der Waals surface area contributed by atoms with E-state index in [2.05, 4.69) is 0 Å². The number of imide groups is 1. The van der Waals surface area contributed by atoms with Gasteiger partial charge in [-0.3, -0.25) is 0 Å². The summed E-state index contributed by atoms with van der Waals surface area (Å²) in [6.07, 6.45) is 0.239. The Balaban J connectivity index is 3.02. The highest BCUT2D eigenvalue weighted by Crippen LogP contribution is 2.28. The third-order valence-electron chi connectivity index (χ3n) is 4.94. The molecule has 0 atom stereocenters. The molecule has 2 amide bonds. The van der Waals surface area contributed by atoms with E-state index in [0.717, 1.165) is 10.5 Å². The monoisotopic (exact) mass is 409 g/mol. The minimum Gasteiger partial charge on any atom is -0.493 e. The molecule has 0 N–H and O–H groups in total. The maximum atomic E-state index is 12.7. The molecule has 1 aromatic rings. The predicted octanol–water partition coefficient (Wildman–Crippen LogP) is 5.20. The van der Waals surface area contributed by atoms with Crippen LogP contribution in [0.2, 0.25) is 0 Å². The van der Waals surface area contributed by atoms with E-state index in [9.17, 15) is 9.59 Å². The Bertz CT molecular complexity index is 669. The first-order chi connectivity index (χ1) is 13.5. The van der Waals surface area contributed by atoms with Crippen molar-refractivity contribution in [2.45, 2.75) is 72.0 Å². The van der Waals surface area contributed by atoms with Gasteiger partial charge >= 0.3 is 12.2 Å². The van der Waals surface area contributed by atoms with Crippen LogP contribution in [0.3, 0.4) is 0 Å². The average molecular weight is 410 g/mol. The first kappa shape index (κ1) is 24.6. The van der Waals surface area contributed by atoms with Crippen LogP contribution in [-0.2, 0) is 15.9 Å². The summed E-state index contributed by atoms with van der Waals surface area (Å²) >= 11 is 0. The second-order valence-electron chi connectivity index (χ2n) is 8.05. The number of carbonyl (C=O) groups excluding carboxylic acids is 2. The third kappa shape index (κ3) is 7.48. The highest BCUT2D eigenvalue weighted by molar-refractivity contribution is 5.88. The molecule has 1 aromatic carbocycles. The molecule has 0 unspecified atom stereocenters. The Morgan fingerprint density at radius 3 is 1.76 bits per heavy atom. The summed E-state index contributed by atoms with van der Waals surface area (Å²) in [6, 6.07) is 5.47. The Kier molecular flexibility index (Phi) is 8.80. The summed E-state index contributed by atoms with van der Waals surface area (Å²) in [5.74, 6) is 1.20. The fourth-order valence-electron chi connectivity index (χ4n) is 2.26. The lowest BCUT2D eigenvalue weighted by Gasteiger charge is -2.30. The Hall–Kier alpha value is -2.44. The smallest absolute Gasteiger partial charge is 0.419 e. The van der Waals surface area contributed by atoms with E-state index in [1.165, 1.54) is 0 Å². The maximum Gasteiger partial charge on any atom is 0.419 e. The molecule has 0 spiro atoms. The van der Waals surface area contributed by atoms with Gasteiger partial charge in [0, 0.05) is 6.54 Å². The van der Waals surface area contributed by atoms with Gasteiger partial charge < -0.3 is 18.9 Å². The molecule has 0 radical (unpaired) electrons. The molecule has 0 fully saturated rings. The molecule has 0 aliphatic carbocycles. The molecular weight excluding hydrogens is 374 g/mol. The molecule has 0 aliphatic heterocycles. The predicted molar refractivity (Wildman–Crippen MR) is 112 cm³/mol. The number of hydrogen-bond acceptors (Lipinski definition) is 6. The van der Waals surface area contributed by atoms with E-state index in [4.69, 9.17) is 18.9 Å². The zero-order chi connectivity index (χ0) is 22.2. The van der Waals surface area contributed by atoms with Crippen molar-refractivity contribution in [1.29, 1.82) is 0 Å². The Morgan fingerprint density at radius 2 is 1.34 bits per heavy atom. The van der Waals surface area contributed by atoms with Crippen LogP contribution in [0.4, 0.5) is 9.59 Å². The molecule has 7 nitrogen and oxygen atoms in total. The molecule has 0 aliphatic rings. The average Bonchev–Trinajstić information content (AvgIpc) is 2.67. The number of methoxy groups -OCH3 is 2. The number of carbonyl (C=O) groups is 2. The van der Waals surface area contributed by atoms with Crippen molar-refractivity contribution in [2.24, 2.45) is 0 Å². The summed E-state index contributed by atoms with van der Waals surface area (Å²) in [5.41, 5.74) is -0.476. The standard InChI is InChI=1S/C22H35NO6/c1-9-21(3,4)28-19(24)23(20(25)29-22(5,6)10-2)14-13-16-11-12-17(26-7)18(15-16)27-8/h11-12,15H,9-10,13-14H2,1-8H3. The molecule has 0 bridgehead atoms. The van der Waals surface area contributed by atoms with Crippen LogP contribution in [0.15, 0.2) is 18.2 Å². The largest absolute Gasteiger partial charge is 0.493 e. The fourth-order valence-corrected chi connectivity index (χ4v) is 2.26. The van der Waals surface area contributed by atoms with Gasteiger partial charge in [-0.15, -0.1) is 0 Å². The summed E-state index contributed by atoms with van der Waals surface area (Å²) in [5, 5.41) is 0. The second-order valence-corrected chi connectivity index (χ2v) is 8.05. The number of hydrogen-bond donors (Lipinski definition) is 0. The SMILES string of the molecule is CCC(C)(C)OC(=O)N(CCc1ccc(OC)c(OC)c1)C(=O)OC(C)(C)CC. The van der Waals surface area contributed by atoms with Gasteiger partial charge in [0.25, 0.3) is 0 Å². The lowest BCUT2D eigenvalue weighted by atomic mass is 10.1. The molecule has 1 rings (SSSR count). The van der Waals surface area contributed by atoms with Crippen molar-refractivity contribution in [2.75, 3.05) is 20.8 Å². The van der Waals surface area contributed by atoms with Crippen molar-refractivity contribution in [3.8, 4) is 11.5 Å². The van der Waals surface area contributed by atoms with E-state index in [1.54, 1.807) is 48.0 Å². The summed E-state index contributed by atoms with van der Waals surface area (Å²) in [6.45, 7) is 11.2. The molecule has 164 valence electrons. The van der Waals surface area contributed by atoms with Crippen molar-refractivity contribution in [3.63, 3.8) is 0 Å². The number of rotatable bonds is 9. The molecule has 29 heavy (non-hydrogen) atoms. The molecule has 7 heteroatoms. The highest BCUT2D eigenvalue weighted by Gasteiger charge is 2.32. The quantitative estimate of drug-likeness (QED) is 0.558. The topological polar surface area (TPSA) is 74.3 Å². The number of ether oxygens (including phenoxy) is 4. The highest BCUT2D eigenvalue weighted by atomic mass is 16.6. The van der Waals surface area contributed by atoms with E-state index < -0.39 is 23.4 Å². The van der Waals surface area contributed by atoms with Gasteiger partial charge in [0.2, 0.25) is 0 Å². The van der Waals surface area contributed by atoms with Gasteiger partial charge in [-0.05, 0) is 64.7 Å². The first-order valence-electron chi connectivity index (χ1n) is 9.93. The van der Waals surface area contributed by atoms with Crippen LogP contribution in [0.5, 0.6) is 11.5 Å². The van der Waals surface area contributed by atoms with Gasteiger partial charge in [-0.25, -0.2) is 14.5 Å². The normalized spacial score (nSPS) is 11.6. The molecule has 0 saturated carbocycles. The Labute approximate surface area is 174 Å². The van der Waals surface area contributed by atoms with Crippen molar-refractivity contribution >= 4 is 12.2 Å². The minimum absolute atomic E-state index is 0.118. The molecule has 0 heterocycles. The maximum absolute atomic E-state index is 12.7. The van der Waals surface area contributed by atoms with Gasteiger partial charge in [-0.1, -0.05) is 19.9 Å². The van der Waals surface area contributed by atoms with Crippen LogP contribution >= 0.6 is 0 Å². The third-order valence-corrected chi connectivity index (χ3v) is 4.94. The molecule has 0 saturated heterocycles. The van der Waals surface area contributed by atoms with Crippen LogP contribution < -0.4 is 9.47 Å². The van der Waals surface area contributed by atoms with Crippen molar-refractivity contribution in [3.05, 3.63) is 23.8 Å². The van der Waals surface area contributed by atoms with Crippen LogP contribution in [0.1, 0.15) is 59.9 Å². The van der Waals surface area contributed by atoms with E-state index in [1.807, 2.05) is 26.0 Å². The van der Waals surface area contributed by atoms with Crippen LogP contribution in [0, 0.1) is 0 Å². The zero-order valence-corrected chi connectivity index (χ0v) is 19.0. The van der Waals surface area contributed by atoms with E-state index >= 15 is 0 Å². The lowest BCUT2D eigenvalue weighted by Crippen LogP contribution is -2.45. The first-order valence-corrected chi connectivity index (χ1v) is 9.93. The van der Waals surface area contributed by atoms with Crippen LogP contribution in [0.25, 0.3) is 0 Å². The number of benzene rings is 1. The van der Waals surface area contributed by atoms with Crippen molar-refractivity contribution in [1.82, 2.24) is 4.90 Å². The molecule has 0 aromatic heterocycles. The Morgan fingerprint density at radius 1 is 0.862 bits per heavy atom. The second kappa shape index (κ2) is 10.4. The van der Waals surface area contributed by atoms with Gasteiger partial charge in [-0.2, -0.15) is 0 Å². The minimum atomic E-state index is -0.714. The number of amides is 2. The van der Waals surface area contributed by atoms with Gasteiger partial charge in [0.1, 0.15) is 11.2 Å². The van der Waals surface area contributed by atoms with Crippen molar-refractivity contribution < 1.29 is 28.5 Å². The van der Waals surface area contributed by atoms with Gasteiger partial charge in [0.05, 0.1) is 14.2 Å². The lowest BCUT2D eigenvalue weighted by molar-refractivity contribution is -0.0109. The summed E-state index contributed by atoms with van der Waals surface area (Å²) in [4.78, 5) is 26.5. The number of nitrogens with zero attached hydrogens (tertiary/aromatic N) is 1.